The van der Waals surface area contributed by atoms with Gasteiger partial charge in [0.25, 0.3) is 0 Å². The van der Waals surface area contributed by atoms with Crippen LogP contribution in [0.25, 0.3) is 0 Å². The summed E-state index contributed by atoms with van der Waals surface area (Å²) in [5, 5.41) is 11.0. The van der Waals surface area contributed by atoms with Gasteiger partial charge in [-0.15, -0.1) is 0 Å². The molecule has 0 bridgehead atoms. The van der Waals surface area contributed by atoms with Gasteiger partial charge in [0, 0.05) is 42.3 Å². The van der Waals surface area contributed by atoms with E-state index in [-0.39, 0.29) is 23.3 Å². The van der Waals surface area contributed by atoms with Gasteiger partial charge in [-0.3, -0.25) is 4.79 Å². The maximum absolute atomic E-state index is 13.6. The highest BCUT2D eigenvalue weighted by atomic mass is 35.5. The van der Waals surface area contributed by atoms with Crippen molar-refractivity contribution in [1.29, 1.82) is 0 Å². The molecule has 1 fully saturated rings. The second kappa shape index (κ2) is 9.57. The number of carbonyl (C=O) groups excluding carboxylic acids is 1. The summed E-state index contributed by atoms with van der Waals surface area (Å²) in [6.07, 6.45) is 3.14. The molecule has 7 nitrogen and oxygen atoms in total. The SMILES string of the molecule is CC1C[C@@H](O)c2ncnc(N3CCN(C(=O)C(CCC(C)(C)N)c4ccc(Cl)cc4)CC3)c21. The molecular weight excluding hydrogens is 438 g/mol. The zero-order valence-electron chi connectivity index (χ0n) is 19.7. The van der Waals surface area contributed by atoms with E-state index in [9.17, 15) is 9.90 Å². The second-order valence-electron chi connectivity index (χ2n) is 10.1. The molecule has 2 aliphatic rings. The van der Waals surface area contributed by atoms with E-state index in [0.717, 1.165) is 29.1 Å². The number of halogens is 1. The van der Waals surface area contributed by atoms with Crippen molar-refractivity contribution < 1.29 is 9.90 Å². The zero-order valence-corrected chi connectivity index (χ0v) is 20.4. The number of amides is 1. The Kier molecular flexibility index (Phi) is 6.93. The van der Waals surface area contributed by atoms with Crippen molar-refractivity contribution in [2.24, 2.45) is 5.73 Å². The van der Waals surface area contributed by atoms with Crippen molar-refractivity contribution in [2.75, 3.05) is 31.1 Å². The van der Waals surface area contributed by atoms with Crippen LogP contribution in [0.15, 0.2) is 30.6 Å². The standard InChI is InChI=1S/C25H34ClN5O2/c1-16-14-20(32)22-21(16)23(29-15-28-22)30-10-12-31(13-11-30)24(33)19(8-9-25(2,3)27)17-4-6-18(26)7-5-17/h4-7,15-16,19-20,32H,8-14,27H2,1-3H3/t16?,19?,20-/m1/s1. The molecule has 178 valence electrons. The molecule has 1 amide bonds. The molecule has 3 atom stereocenters. The quantitative estimate of drug-likeness (QED) is 0.668. The van der Waals surface area contributed by atoms with Gasteiger partial charge in [0.1, 0.15) is 12.1 Å². The van der Waals surface area contributed by atoms with Crippen LogP contribution in [0.4, 0.5) is 5.82 Å². The molecule has 4 rings (SSSR count). The second-order valence-corrected chi connectivity index (χ2v) is 10.5. The number of piperazine rings is 1. The summed E-state index contributed by atoms with van der Waals surface area (Å²) >= 11 is 6.08. The highest BCUT2D eigenvalue weighted by Crippen LogP contribution is 2.42. The van der Waals surface area contributed by atoms with Gasteiger partial charge in [0.15, 0.2) is 0 Å². The molecule has 1 aliphatic carbocycles. The number of nitrogens with zero attached hydrogens (tertiary/aromatic N) is 4. The number of fused-ring (bicyclic) bond motifs is 1. The molecule has 0 spiro atoms. The Hall–Kier alpha value is -2.22. The molecule has 0 radical (unpaired) electrons. The minimum atomic E-state index is -0.522. The molecule has 2 aromatic rings. The number of hydrogen-bond donors (Lipinski definition) is 2. The number of rotatable bonds is 6. The summed E-state index contributed by atoms with van der Waals surface area (Å²) in [4.78, 5) is 26.7. The predicted molar refractivity (Wildman–Crippen MR) is 131 cm³/mol. The van der Waals surface area contributed by atoms with E-state index in [1.165, 1.54) is 6.33 Å². The van der Waals surface area contributed by atoms with Crippen LogP contribution in [0.5, 0.6) is 0 Å². The van der Waals surface area contributed by atoms with Crippen molar-refractivity contribution in [2.45, 2.75) is 63.5 Å². The fourth-order valence-electron chi connectivity index (χ4n) is 4.96. The number of aliphatic hydroxyl groups is 1. The molecule has 2 heterocycles. The molecular formula is C25H34ClN5O2. The molecule has 8 heteroatoms. The van der Waals surface area contributed by atoms with Gasteiger partial charge in [0.2, 0.25) is 5.91 Å². The lowest BCUT2D eigenvalue weighted by Crippen LogP contribution is -2.50. The maximum Gasteiger partial charge on any atom is 0.230 e. The predicted octanol–water partition coefficient (Wildman–Crippen LogP) is 3.62. The van der Waals surface area contributed by atoms with Crippen LogP contribution in [0.1, 0.15) is 74.8 Å². The van der Waals surface area contributed by atoms with E-state index in [1.807, 2.05) is 43.0 Å². The maximum atomic E-state index is 13.6. The lowest BCUT2D eigenvalue weighted by atomic mass is 9.87. The van der Waals surface area contributed by atoms with Crippen LogP contribution >= 0.6 is 11.6 Å². The van der Waals surface area contributed by atoms with Crippen LogP contribution in [-0.2, 0) is 4.79 Å². The largest absolute Gasteiger partial charge is 0.387 e. The van der Waals surface area contributed by atoms with Crippen LogP contribution in [-0.4, -0.2) is 57.6 Å². The highest BCUT2D eigenvalue weighted by Gasteiger charge is 2.35. The minimum absolute atomic E-state index is 0.137. The Morgan fingerprint density at radius 3 is 2.52 bits per heavy atom. The van der Waals surface area contributed by atoms with Gasteiger partial charge in [0.05, 0.1) is 17.7 Å². The van der Waals surface area contributed by atoms with Crippen LogP contribution in [0, 0.1) is 0 Å². The van der Waals surface area contributed by atoms with E-state index in [0.29, 0.717) is 44.0 Å². The summed E-state index contributed by atoms with van der Waals surface area (Å²) < 4.78 is 0. The van der Waals surface area contributed by atoms with Crippen LogP contribution in [0.2, 0.25) is 5.02 Å². The van der Waals surface area contributed by atoms with E-state index in [1.54, 1.807) is 0 Å². The number of aliphatic hydroxyl groups excluding tert-OH is 1. The molecule has 33 heavy (non-hydrogen) atoms. The zero-order chi connectivity index (χ0) is 23.8. The first-order chi connectivity index (χ1) is 15.6. The fourth-order valence-corrected chi connectivity index (χ4v) is 5.08. The van der Waals surface area contributed by atoms with Crippen molar-refractivity contribution >= 4 is 23.3 Å². The molecule has 1 aromatic carbocycles. The van der Waals surface area contributed by atoms with Gasteiger partial charge < -0.3 is 20.6 Å². The number of nitrogens with two attached hydrogens (primary N) is 1. The fraction of sp³-hybridized carbons (Fsp3) is 0.560. The normalized spacial score (nSPS) is 21.8. The third-order valence-corrected chi connectivity index (χ3v) is 7.07. The third-order valence-electron chi connectivity index (χ3n) is 6.82. The minimum Gasteiger partial charge on any atom is -0.387 e. The van der Waals surface area contributed by atoms with Gasteiger partial charge in [-0.25, -0.2) is 9.97 Å². The van der Waals surface area contributed by atoms with Gasteiger partial charge >= 0.3 is 0 Å². The lowest BCUT2D eigenvalue weighted by molar-refractivity contribution is -0.133. The molecule has 1 saturated heterocycles. The molecule has 0 saturated carbocycles. The Bertz CT molecular complexity index is 983. The third kappa shape index (κ3) is 5.31. The molecule has 2 unspecified atom stereocenters. The number of carbonyl (C=O) groups is 1. The molecule has 3 N–H and O–H groups in total. The average Bonchev–Trinajstić information content (AvgIpc) is 3.08. The summed E-state index contributed by atoms with van der Waals surface area (Å²) in [5.74, 6) is 1.02. The Labute approximate surface area is 201 Å². The van der Waals surface area contributed by atoms with Gasteiger partial charge in [-0.1, -0.05) is 30.7 Å². The summed E-state index contributed by atoms with van der Waals surface area (Å²) in [6, 6.07) is 7.57. The van der Waals surface area contributed by atoms with Crippen LogP contribution in [0.3, 0.4) is 0 Å². The monoisotopic (exact) mass is 471 g/mol. The van der Waals surface area contributed by atoms with Crippen LogP contribution < -0.4 is 10.6 Å². The van der Waals surface area contributed by atoms with E-state index < -0.39 is 6.10 Å². The van der Waals surface area contributed by atoms with E-state index >= 15 is 0 Å². The van der Waals surface area contributed by atoms with Gasteiger partial charge in [-0.2, -0.15) is 0 Å². The first-order valence-electron chi connectivity index (χ1n) is 11.7. The summed E-state index contributed by atoms with van der Waals surface area (Å²) in [7, 11) is 0. The molecule has 1 aromatic heterocycles. The van der Waals surface area contributed by atoms with E-state index in [4.69, 9.17) is 17.3 Å². The van der Waals surface area contributed by atoms with Crippen molar-refractivity contribution in [3.63, 3.8) is 0 Å². The topological polar surface area (TPSA) is 95.6 Å². The number of benzene rings is 1. The van der Waals surface area contributed by atoms with E-state index in [2.05, 4.69) is 21.8 Å². The average molecular weight is 472 g/mol. The summed E-state index contributed by atoms with van der Waals surface area (Å²) in [5.41, 5.74) is 8.67. The number of anilines is 1. The Balaban J connectivity index is 1.48. The Morgan fingerprint density at radius 1 is 1.21 bits per heavy atom. The molecule has 1 aliphatic heterocycles. The first-order valence-corrected chi connectivity index (χ1v) is 12.1. The van der Waals surface area contributed by atoms with Crippen molar-refractivity contribution in [3.8, 4) is 0 Å². The summed E-state index contributed by atoms with van der Waals surface area (Å²) in [6.45, 7) is 8.76. The van der Waals surface area contributed by atoms with Crippen molar-refractivity contribution in [1.82, 2.24) is 14.9 Å². The first kappa shape index (κ1) is 23.9. The van der Waals surface area contributed by atoms with Gasteiger partial charge in [-0.05, 0) is 56.7 Å². The number of hydrogen-bond acceptors (Lipinski definition) is 6. The highest BCUT2D eigenvalue weighted by molar-refractivity contribution is 6.30. The Morgan fingerprint density at radius 2 is 1.88 bits per heavy atom. The lowest BCUT2D eigenvalue weighted by Gasteiger charge is -2.38. The van der Waals surface area contributed by atoms with Crippen molar-refractivity contribution in [3.05, 3.63) is 52.4 Å². The number of aromatic nitrogens is 2. The smallest absolute Gasteiger partial charge is 0.230 e.